The molecule has 3 heterocycles. The van der Waals surface area contributed by atoms with E-state index in [0.717, 1.165) is 6.92 Å². The van der Waals surface area contributed by atoms with Crippen molar-refractivity contribution in [2.24, 2.45) is 0 Å². The average molecular weight is 446 g/mol. The maximum Gasteiger partial charge on any atom is 0.303 e. The first-order valence-corrected chi connectivity index (χ1v) is 9.90. The minimum Gasteiger partial charge on any atom is -0.383 e. The Balaban J connectivity index is 2.03. The number of aryl methyl sites for hydroxylation is 1. The molecule has 0 saturated heterocycles. The quantitative estimate of drug-likeness (QED) is 0.514. The highest BCUT2D eigenvalue weighted by atomic mass is 19.3. The monoisotopic (exact) mass is 446 g/mol. The first kappa shape index (κ1) is 23.1. The lowest BCUT2D eigenvalue weighted by atomic mass is 10.1. The molecule has 1 amide bonds. The third-order valence-corrected chi connectivity index (χ3v) is 4.31. The molecule has 12 heteroatoms. The second-order valence-corrected chi connectivity index (χ2v) is 7.05. The lowest BCUT2D eigenvalue weighted by molar-refractivity contribution is -0.114. The van der Waals surface area contributed by atoms with Gasteiger partial charge >= 0.3 is 5.92 Å². The number of rotatable bonds is 9. The van der Waals surface area contributed by atoms with E-state index >= 15 is 0 Å². The van der Waals surface area contributed by atoms with E-state index in [0.29, 0.717) is 42.2 Å². The van der Waals surface area contributed by atoms with Crippen LogP contribution >= 0.6 is 0 Å². The number of hydrogen-bond donors (Lipinski definition) is 2. The van der Waals surface area contributed by atoms with E-state index in [4.69, 9.17) is 4.74 Å². The van der Waals surface area contributed by atoms with Crippen molar-refractivity contribution < 1.29 is 18.3 Å². The number of hydrogen-bond acceptors (Lipinski definition) is 8. The lowest BCUT2D eigenvalue weighted by Crippen LogP contribution is -2.15. The topological polar surface area (TPSA) is 120 Å². The third kappa shape index (κ3) is 5.78. The van der Waals surface area contributed by atoms with Crippen LogP contribution in [0.25, 0.3) is 11.3 Å². The van der Waals surface area contributed by atoms with Crippen LogP contribution in [0.15, 0.2) is 24.5 Å². The molecule has 0 atom stereocenters. The zero-order chi connectivity index (χ0) is 23.3. The van der Waals surface area contributed by atoms with Crippen molar-refractivity contribution in [3.05, 3.63) is 36.0 Å². The summed E-state index contributed by atoms with van der Waals surface area (Å²) in [5.41, 5.74) is 1.96. The summed E-state index contributed by atoms with van der Waals surface area (Å²) in [6.45, 7) is 4.81. The number of carbonyl (C=O) groups excluding carboxylic acids is 1. The molecule has 0 radical (unpaired) electrons. The molecule has 3 rings (SSSR count). The number of anilines is 3. The number of ether oxygens (including phenoxy) is 1. The Morgan fingerprint density at radius 2 is 2.00 bits per heavy atom. The van der Waals surface area contributed by atoms with Crippen LogP contribution in [0.4, 0.5) is 26.1 Å². The van der Waals surface area contributed by atoms with E-state index in [1.165, 1.54) is 17.9 Å². The van der Waals surface area contributed by atoms with Crippen molar-refractivity contribution in [3.63, 3.8) is 0 Å². The number of amides is 1. The van der Waals surface area contributed by atoms with Crippen LogP contribution < -0.4 is 10.6 Å². The molecule has 3 aromatic rings. The second-order valence-electron chi connectivity index (χ2n) is 7.05. The predicted octanol–water partition coefficient (Wildman–Crippen LogP) is 3.15. The molecule has 0 aliphatic heterocycles. The highest BCUT2D eigenvalue weighted by molar-refractivity contribution is 5.89. The third-order valence-electron chi connectivity index (χ3n) is 4.31. The van der Waals surface area contributed by atoms with Gasteiger partial charge in [0.2, 0.25) is 11.7 Å². The van der Waals surface area contributed by atoms with Gasteiger partial charge in [-0.05, 0) is 6.42 Å². The summed E-state index contributed by atoms with van der Waals surface area (Å²) in [6.07, 6.45) is 3.52. The zero-order valence-electron chi connectivity index (χ0n) is 18.2. The number of aromatic nitrogens is 6. The van der Waals surface area contributed by atoms with Crippen molar-refractivity contribution in [1.82, 2.24) is 29.9 Å². The summed E-state index contributed by atoms with van der Waals surface area (Å²) in [5, 5.41) is 14.3. The molecule has 0 spiro atoms. The highest BCUT2D eigenvalue weighted by Crippen LogP contribution is 2.31. The molecule has 0 bridgehead atoms. The van der Waals surface area contributed by atoms with Gasteiger partial charge in [-0.1, -0.05) is 6.92 Å². The molecule has 0 aliphatic carbocycles. The summed E-state index contributed by atoms with van der Waals surface area (Å²) < 4.78 is 32.8. The molecule has 10 nitrogen and oxygen atoms in total. The summed E-state index contributed by atoms with van der Waals surface area (Å²) >= 11 is 0. The minimum atomic E-state index is -3.20. The fraction of sp³-hybridized carbons (Fsp3) is 0.400. The molecule has 2 N–H and O–H groups in total. The molecular weight excluding hydrogens is 422 g/mol. The number of nitrogens with zero attached hydrogens (tertiary/aromatic N) is 6. The van der Waals surface area contributed by atoms with Gasteiger partial charge in [0.1, 0.15) is 17.3 Å². The van der Waals surface area contributed by atoms with Gasteiger partial charge in [0.25, 0.3) is 0 Å². The van der Waals surface area contributed by atoms with E-state index in [2.05, 4.69) is 35.8 Å². The van der Waals surface area contributed by atoms with Crippen LogP contribution in [0.5, 0.6) is 0 Å². The molecule has 0 fully saturated rings. The van der Waals surface area contributed by atoms with Crippen LogP contribution in [-0.4, -0.2) is 49.6 Å². The Hall–Kier alpha value is -3.54. The number of nitrogens with one attached hydrogen (secondary N) is 2. The second kappa shape index (κ2) is 9.73. The maximum atomic E-state index is 13.9. The van der Waals surface area contributed by atoms with Gasteiger partial charge in [0.15, 0.2) is 0 Å². The maximum absolute atomic E-state index is 13.9. The Bertz CT molecular complexity index is 1100. The number of alkyl halides is 2. The van der Waals surface area contributed by atoms with Gasteiger partial charge in [-0.3, -0.25) is 4.79 Å². The van der Waals surface area contributed by atoms with Crippen molar-refractivity contribution in [2.45, 2.75) is 39.7 Å². The first-order valence-electron chi connectivity index (χ1n) is 9.90. The Morgan fingerprint density at radius 3 is 2.66 bits per heavy atom. The fourth-order valence-corrected chi connectivity index (χ4v) is 2.79. The van der Waals surface area contributed by atoms with E-state index in [1.54, 1.807) is 25.4 Å². The van der Waals surface area contributed by atoms with Crippen LogP contribution in [0.1, 0.15) is 32.3 Å². The molecule has 0 aliphatic rings. The Kier molecular flexibility index (Phi) is 7.03. The van der Waals surface area contributed by atoms with E-state index in [-0.39, 0.29) is 17.5 Å². The smallest absolute Gasteiger partial charge is 0.303 e. The summed E-state index contributed by atoms with van der Waals surface area (Å²) in [5.74, 6) is -3.62. The Morgan fingerprint density at radius 1 is 1.22 bits per heavy atom. The normalized spacial score (nSPS) is 11.4. The van der Waals surface area contributed by atoms with Crippen LogP contribution in [0.3, 0.4) is 0 Å². The van der Waals surface area contributed by atoms with Crippen LogP contribution in [0, 0.1) is 0 Å². The zero-order valence-corrected chi connectivity index (χ0v) is 18.2. The lowest BCUT2D eigenvalue weighted by Gasteiger charge is -2.15. The molecule has 3 aromatic heterocycles. The van der Waals surface area contributed by atoms with Crippen LogP contribution in [0.2, 0.25) is 0 Å². The predicted molar refractivity (Wildman–Crippen MR) is 114 cm³/mol. The molecule has 0 aromatic carbocycles. The summed E-state index contributed by atoms with van der Waals surface area (Å²) in [4.78, 5) is 25.1. The first-order chi connectivity index (χ1) is 15.2. The average Bonchev–Trinajstić information content (AvgIpc) is 3.19. The standard InChI is InChI=1S/C20H24F2N8O2/c1-5-13-8-18(28-19(26-13)20(3,21)22)27-15-9-17(25-12(2)31)23-10-14(15)16-11-24-30(29-16)6-7-32-4/h8-11H,5-7H2,1-4H3,(H2,23,25,26,27,28,31). The van der Waals surface area contributed by atoms with Gasteiger partial charge in [-0.15, -0.1) is 0 Å². The van der Waals surface area contributed by atoms with Crippen molar-refractivity contribution in [1.29, 1.82) is 0 Å². The van der Waals surface area contributed by atoms with Crippen molar-refractivity contribution in [2.75, 3.05) is 24.4 Å². The van der Waals surface area contributed by atoms with Crippen molar-refractivity contribution >= 4 is 23.2 Å². The SMILES string of the molecule is CCc1cc(Nc2cc(NC(C)=O)ncc2-c2cnn(CCOC)n2)nc(C(C)(F)F)n1. The van der Waals surface area contributed by atoms with Gasteiger partial charge in [-0.2, -0.15) is 23.8 Å². The molecule has 0 unspecified atom stereocenters. The molecule has 32 heavy (non-hydrogen) atoms. The van der Waals surface area contributed by atoms with Crippen LogP contribution in [-0.2, 0) is 28.4 Å². The van der Waals surface area contributed by atoms with Crippen molar-refractivity contribution in [3.8, 4) is 11.3 Å². The molecular formula is C20H24F2N8O2. The number of methoxy groups -OCH3 is 1. The fourth-order valence-electron chi connectivity index (χ4n) is 2.79. The summed E-state index contributed by atoms with van der Waals surface area (Å²) in [6, 6.07) is 3.16. The van der Waals surface area contributed by atoms with Gasteiger partial charge in [0.05, 0.1) is 25.0 Å². The largest absolute Gasteiger partial charge is 0.383 e. The molecule has 170 valence electrons. The Labute approximate surface area is 183 Å². The van der Waals surface area contributed by atoms with Gasteiger partial charge < -0.3 is 15.4 Å². The molecule has 0 saturated carbocycles. The minimum absolute atomic E-state index is 0.182. The van der Waals surface area contributed by atoms with E-state index < -0.39 is 11.7 Å². The highest BCUT2D eigenvalue weighted by Gasteiger charge is 2.29. The number of carbonyl (C=O) groups is 1. The van der Waals surface area contributed by atoms with Gasteiger partial charge in [0, 0.05) is 50.5 Å². The number of halogens is 2. The van der Waals surface area contributed by atoms with Gasteiger partial charge in [-0.25, -0.2) is 15.0 Å². The summed E-state index contributed by atoms with van der Waals surface area (Å²) in [7, 11) is 1.58. The number of pyridine rings is 1. The van der Waals surface area contributed by atoms with E-state index in [9.17, 15) is 13.6 Å². The van der Waals surface area contributed by atoms with E-state index in [1.807, 2.05) is 6.92 Å².